The molecule has 7 nitrogen and oxygen atoms in total. The lowest BCUT2D eigenvalue weighted by Gasteiger charge is -2.21. The van der Waals surface area contributed by atoms with E-state index in [1.807, 2.05) is 44.2 Å². The highest BCUT2D eigenvalue weighted by molar-refractivity contribution is 7.97. The molecule has 0 fully saturated rings. The van der Waals surface area contributed by atoms with Crippen molar-refractivity contribution in [3.05, 3.63) is 92.5 Å². The topological polar surface area (TPSA) is 93.5 Å². The third-order valence-electron chi connectivity index (χ3n) is 6.54. The average molecular weight is 520 g/mol. The maximum atomic E-state index is 14.5. The number of benzene rings is 2. The van der Waals surface area contributed by atoms with Gasteiger partial charge in [0.25, 0.3) is 5.56 Å². The molecule has 190 valence electrons. The molecule has 1 atom stereocenters. The molecule has 4 heterocycles. The smallest absolute Gasteiger partial charge is 0.340 e. The Balaban J connectivity index is 0.00000137. The van der Waals surface area contributed by atoms with Gasteiger partial charge in [0.2, 0.25) is 0 Å². The molecular formula is C28H26FN3O4S. The second-order valence-electron chi connectivity index (χ2n) is 8.64. The van der Waals surface area contributed by atoms with E-state index in [0.29, 0.717) is 29.0 Å². The number of aliphatic hydroxyl groups is 1. The van der Waals surface area contributed by atoms with E-state index in [9.17, 15) is 19.1 Å². The Kier molecular flexibility index (Phi) is 6.85. The number of ether oxygens (including phenoxy) is 1. The Morgan fingerprint density at radius 2 is 1.92 bits per heavy atom. The molecule has 2 aromatic heterocycles. The predicted molar refractivity (Wildman–Crippen MR) is 140 cm³/mol. The minimum atomic E-state index is -1.52. The van der Waals surface area contributed by atoms with Crippen molar-refractivity contribution in [2.75, 3.05) is 0 Å². The first-order valence-corrected chi connectivity index (χ1v) is 12.9. The third kappa shape index (κ3) is 4.33. The van der Waals surface area contributed by atoms with Gasteiger partial charge in [0.05, 0.1) is 29.0 Å². The quantitative estimate of drug-likeness (QED) is 0.261. The number of carbonyl (C=O) groups excluding carboxylic acids is 1. The molecule has 0 bridgehead atoms. The molecule has 2 N–H and O–H groups in total. The van der Waals surface area contributed by atoms with E-state index in [2.05, 4.69) is 4.72 Å². The van der Waals surface area contributed by atoms with Crippen LogP contribution in [0.15, 0.2) is 58.2 Å². The van der Waals surface area contributed by atoms with E-state index in [4.69, 9.17) is 9.72 Å². The Labute approximate surface area is 217 Å². The van der Waals surface area contributed by atoms with Crippen LogP contribution in [0.25, 0.3) is 22.3 Å². The zero-order valence-electron chi connectivity index (χ0n) is 20.7. The van der Waals surface area contributed by atoms with Gasteiger partial charge >= 0.3 is 5.97 Å². The first-order chi connectivity index (χ1) is 17.9. The number of fused-ring (bicyclic) bond motifs is 5. The number of cyclic esters (lactones) is 1. The summed E-state index contributed by atoms with van der Waals surface area (Å²) in [5, 5.41) is 11.2. The van der Waals surface area contributed by atoms with Crippen LogP contribution in [0.1, 0.15) is 47.8 Å². The number of hydrogen-bond acceptors (Lipinski definition) is 7. The summed E-state index contributed by atoms with van der Waals surface area (Å²) in [6.45, 7) is 6.28. The van der Waals surface area contributed by atoms with E-state index in [1.54, 1.807) is 23.6 Å². The minimum absolute atomic E-state index is 0.178. The van der Waals surface area contributed by atoms with Gasteiger partial charge < -0.3 is 14.4 Å². The molecule has 6 rings (SSSR count). The molecule has 0 spiro atoms. The fourth-order valence-corrected chi connectivity index (χ4v) is 5.40. The number of esters is 1. The summed E-state index contributed by atoms with van der Waals surface area (Å²) < 4.78 is 24.4. The molecule has 0 radical (unpaired) electrons. The third-order valence-corrected chi connectivity index (χ3v) is 7.33. The Morgan fingerprint density at radius 3 is 2.68 bits per heavy atom. The van der Waals surface area contributed by atoms with Crippen molar-refractivity contribution in [3.8, 4) is 11.4 Å². The van der Waals surface area contributed by atoms with E-state index < -0.39 is 12.1 Å². The van der Waals surface area contributed by atoms with Crippen LogP contribution in [0.4, 0.5) is 4.39 Å². The Hall–Kier alpha value is -3.53. The van der Waals surface area contributed by atoms with Gasteiger partial charge in [-0.15, -0.1) is 0 Å². The van der Waals surface area contributed by atoms with Gasteiger partial charge in [0.1, 0.15) is 12.4 Å². The molecule has 0 saturated carbocycles. The van der Waals surface area contributed by atoms with Gasteiger partial charge in [0, 0.05) is 34.0 Å². The molecule has 4 aromatic rings. The molecule has 9 heteroatoms. The van der Waals surface area contributed by atoms with E-state index in [0.717, 1.165) is 21.4 Å². The zero-order chi connectivity index (χ0) is 26.3. The fourth-order valence-electron chi connectivity index (χ4n) is 4.72. The van der Waals surface area contributed by atoms with Gasteiger partial charge in [-0.2, -0.15) is 0 Å². The highest BCUT2D eigenvalue weighted by Crippen LogP contribution is 2.38. The number of pyridine rings is 2. The van der Waals surface area contributed by atoms with E-state index in [1.165, 1.54) is 18.0 Å². The number of halogens is 1. The lowest BCUT2D eigenvalue weighted by Crippen LogP contribution is -2.32. The maximum Gasteiger partial charge on any atom is 0.340 e. The largest absolute Gasteiger partial charge is 0.458 e. The second kappa shape index (κ2) is 10.1. The van der Waals surface area contributed by atoms with E-state index in [-0.39, 0.29) is 35.7 Å². The second-order valence-corrected chi connectivity index (χ2v) is 9.60. The molecule has 1 unspecified atom stereocenters. The summed E-state index contributed by atoms with van der Waals surface area (Å²) in [5.74, 6) is -1.14. The first-order valence-electron chi connectivity index (χ1n) is 12.1. The zero-order valence-corrected chi connectivity index (χ0v) is 21.5. The van der Waals surface area contributed by atoms with Crippen molar-refractivity contribution < 1.29 is 19.0 Å². The predicted octanol–water partition coefficient (Wildman–Crippen LogP) is 4.79. The van der Waals surface area contributed by atoms with Crippen molar-refractivity contribution in [1.29, 1.82) is 0 Å². The normalized spacial score (nSPS) is 15.4. The summed E-state index contributed by atoms with van der Waals surface area (Å²) in [6, 6.07) is 14.7. The monoisotopic (exact) mass is 519 g/mol. The number of aromatic nitrogens is 2. The van der Waals surface area contributed by atoms with Crippen LogP contribution in [0.3, 0.4) is 0 Å². The van der Waals surface area contributed by atoms with Crippen LogP contribution >= 0.6 is 11.9 Å². The maximum absolute atomic E-state index is 14.5. The van der Waals surface area contributed by atoms with Crippen LogP contribution in [0.5, 0.6) is 0 Å². The Morgan fingerprint density at radius 1 is 1.16 bits per heavy atom. The minimum Gasteiger partial charge on any atom is -0.458 e. The van der Waals surface area contributed by atoms with Gasteiger partial charge in [0.15, 0.2) is 6.10 Å². The van der Waals surface area contributed by atoms with Crippen molar-refractivity contribution in [3.63, 3.8) is 0 Å². The lowest BCUT2D eigenvalue weighted by molar-refractivity contribution is -0.157. The standard InChI is InChI=1S/C26H20FN3O4S.C2H6/c1-13-7-15-17(10-28-35-14-5-3-2-4-6-14)18-11-30-22(23(18)29-21(15)9-20(13)27)8-16-19(25(30)32)12-34-26(33)24(16)31;1-2/h2-9,24,28,31H,10-12H2,1H3;1-2H3. The Bertz CT molecular complexity index is 1590. The first kappa shape index (κ1) is 25.1. The molecule has 0 aliphatic carbocycles. The average Bonchev–Trinajstić information content (AvgIpc) is 3.28. The number of hydrogen-bond donors (Lipinski definition) is 2. The molecule has 2 aromatic carbocycles. The SMILES string of the molecule is CC.Cc1cc2c(CNSc3ccccc3)c3c(nc2cc1F)-c1cc2c(c(=O)n1C3)COC(=O)C2O. The number of aliphatic hydroxyl groups excluding tert-OH is 1. The number of nitrogens with one attached hydrogen (secondary N) is 1. The van der Waals surface area contributed by atoms with Crippen LogP contribution in [-0.2, 0) is 29.2 Å². The summed E-state index contributed by atoms with van der Waals surface area (Å²) in [6.07, 6.45) is -1.52. The molecule has 2 aliphatic heterocycles. The number of carbonyl (C=O) groups is 1. The van der Waals surface area contributed by atoms with Crippen molar-refractivity contribution in [2.45, 2.75) is 51.5 Å². The number of nitrogens with zero attached hydrogens (tertiary/aromatic N) is 2. The highest BCUT2D eigenvalue weighted by atomic mass is 32.2. The van der Waals surface area contributed by atoms with Crippen LogP contribution in [0.2, 0.25) is 0 Å². The fraction of sp³-hybridized carbons (Fsp3) is 0.250. The molecular weight excluding hydrogens is 493 g/mol. The number of aryl methyl sites for hydroxylation is 1. The van der Waals surface area contributed by atoms with Crippen LogP contribution in [-0.4, -0.2) is 20.6 Å². The summed E-state index contributed by atoms with van der Waals surface area (Å²) >= 11 is 1.48. The van der Waals surface area contributed by atoms with Gasteiger partial charge in [-0.25, -0.2) is 14.2 Å². The summed E-state index contributed by atoms with van der Waals surface area (Å²) in [5.41, 5.74) is 3.99. The molecule has 37 heavy (non-hydrogen) atoms. The van der Waals surface area contributed by atoms with Crippen LogP contribution in [0, 0.1) is 12.7 Å². The van der Waals surface area contributed by atoms with Gasteiger partial charge in [-0.1, -0.05) is 32.0 Å². The van der Waals surface area contributed by atoms with Crippen molar-refractivity contribution in [1.82, 2.24) is 14.3 Å². The summed E-state index contributed by atoms with van der Waals surface area (Å²) in [4.78, 5) is 31.0. The summed E-state index contributed by atoms with van der Waals surface area (Å²) in [7, 11) is 0. The van der Waals surface area contributed by atoms with Crippen LogP contribution < -0.4 is 10.3 Å². The lowest BCUT2D eigenvalue weighted by atomic mass is 9.98. The highest BCUT2D eigenvalue weighted by Gasteiger charge is 2.34. The van der Waals surface area contributed by atoms with Gasteiger partial charge in [-0.3, -0.25) is 9.52 Å². The number of rotatable bonds is 4. The van der Waals surface area contributed by atoms with Gasteiger partial charge in [-0.05, 0) is 54.3 Å². The molecule has 2 aliphatic rings. The molecule has 0 saturated heterocycles. The molecule has 0 amide bonds. The van der Waals surface area contributed by atoms with Crippen molar-refractivity contribution >= 4 is 28.8 Å². The van der Waals surface area contributed by atoms with E-state index >= 15 is 0 Å². The van der Waals surface area contributed by atoms with Crippen molar-refractivity contribution in [2.24, 2.45) is 0 Å².